The number of likely N-dealkylation sites (tertiary alicyclic amines) is 1. The quantitative estimate of drug-likeness (QED) is 0.774. The van der Waals surface area contributed by atoms with E-state index in [2.05, 4.69) is 36.3 Å². The number of carbonyl (C=O) groups is 1. The molecule has 1 aliphatic carbocycles. The molecule has 3 nitrogen and oxygen atoms in total. The number of nitrogens with zero attached hydrogens (tertiary/aromatic N) is 2. The Hall–Kier alpha value is -1.16. The molecule has 0 radical (unpaired) electrons. The fourth-order valence-corrected chi connectivity index (χ4v) is 4.49. The Kier molecular flexibility index (Phi) is 4.97. The molecule has 22 heavy (non-hydrogen) atoms. The van der Waals surface area contributed by atoms with Gasteiger partial charge in [-0.15, -0.1) is 11.3 Å². The lowest BCUT2D eigenvalue weighted by molar-refractivity contribution is -0.133. The molecule has 1 aromatic rings. The van der Waals surface area contributed by atoms with Crippen LogP contribution in [0.2, 0.25) is 0 Å². The van der Waals surface area contributed by atoms with Gasteiger partial charge in [-0.2, -0.15) is 0 Å². The van der Waals surface area contributed by atoms with Gasteiger partial charge in [0, 0.05) is 30.8 Å². The Labute approximate surface area is 137 Å². The summed E-state index contributed by atoms with van der Waals surface area (Å²) >= 11 is 1.77. The zero-order chi connectivity index (χ0) is 15.5. The predicted molar refractivity (Wildman–Crippen MR) is 91.2 cm³/mol. The number of piperidine rings is 1. The summed E-state index contributed by atoms with van der Waals surface area (Å²) in [6, 6.07) is 0. The maximum atomic E-state index is 12.5. The van der Waals surface area contributed by atoms with Crippen molar-refractivity contribution in [2.45, 2.75) is 57.8 Å². The molecule has 3 rings (SSSR count). The van der Waals surface area contributed by atoms with Gasteiger partial charge >= 0.3 is 0 Å². The van der Waals surface area contributed by atoms with E-state index < -0.39 is 0 Å². The molecule has 0 aromatic carbocycles. The van der Waals surface area contributed by atoms with Gasteiger partial charge in [0.2, 0.25) is 5.91 Å². The molecule has 1 aromatic heterocycles. The Bertz CT molecular complexity index is 549. The standard InChI is InChI=1S/C18H26N2OS/c1-13(2)16-12-22-18(19-16)15-8-5-9-20(11-15)17(21)10-14-6-3-4-7-14/h3,6,12-15H,4-5,7-11H2,1-2H3/t14-,15+/m0/s1. The van der Waals surface area contributed by atoms with Crippen LogP contribution in [0.1, 0.15) is 68.5 Å². The normalized spacial score (nSPS) is 25.1. The number of aromatic nitrogens is 1. The van der Waals surface area contributed by atoms with Crippen LogP contribution in [-0.2, 0) is 4.79 Å². The highest BCUT2D eigenvalue weighted by atomic mass is 32.1. The van der Waals surface area contributed by atoms with E-state index in [9.17, 15) is 4.79 Å². The third-order valence-corrected chi connectivity index (χ3v) is 5.83. The summed E-state index contributed by atoms with van der Waals surface area (Å²) in [4.78, 5) is 19.4. The molecule has 2 atom stereocenters. The van der Waals surface area contributed by atoms with E-state index in [-0.39, 0.29) is 0 Å². The first-order chi connectivity index (χ1) is 10.6. The van der Waals surface area contributed by atoms with Gasteiger partial charge < -0.3 is 4.90 Å². The second kappa shape index (κ2) is 6.95. The van der Waals surface area contributed by atoms with Crippen LogP contribution in [0.15, 0.2) is 17.5 Å². The SMILES string of the molecule is CC(C)c1csc([C@@H]2CCCN(C(=O)C[C@H]3C=CCC3)C2)n1. The molecular weight excluding hydrogens is 292 g/mol. The molecule has 4 heteroatoms. The molecule has 0 bridgehead atoms. The first kappa shape index (κ1) is 15.7. The average molecular weight is 318 g/mol. The van der Waals surface area contributed by atoms with E-state index in [0.717, 1.165) is 38.8 Å². The van der Waals surface area contributed by atoms with Gasteiger partial charge in [-0.05, 0) is 37.5 Å². The molecule has 120 valence electrons. The van der Waals surface area contributed by atoms with E-state index in [1.165, 1.54) is 10.7 Å². The van der Waals surface area contributed by atoms with Crippen molar-refractivity contribution in [3.05, 3.63) is 28.2 Å². The number of amides is 1. The molecule has 2 heterocycles. The van der Waals surface area contributed by atoms with Crippen molar-refractivity contribution in [1.29, 1.82) is 0 Å². The topological polar surface area (TPSA) is 33.2 Å². The van der Waals surface area contributed by atoms with E-state index in [0.29, 0.717) is 30.1 Å². The van der Waals surface area contributed by atoms with Gasteiger partial charge in [0.15, 0.2) is 0 Å². The summed E-state index contributed by atoms with van der Waals surface area (Å²) in [5.74, 6) is 1.73. The number of allylic oxidation sites excluding steroid dienone is 2. The van der Waals surface area contributed by atoms with Crippen molar-refractivity contribution < 1.29 is 4.79 Å². The number of carbonyl (C=O) groups excluding carboxylic acids is 1. The smallest absolute Gasteiger partial charge is 0.223 e. The second-order valence-electron chi connectivity index (χ2n) is 6.91. The fraction of sp³-hybridized carbons (Fsp3) is 0.667. The minimum absolute atomic E-state index is 0.335. The molecule has 0 saturated carbocycles. The fourth-order valence-electron chi connectivity index (χ4n) is 3.38. The van der Waals surface area contributed by atoms with Crippen molar-refractivity contribution in [3.63, 3.8) is 0 Å². The molecule has 2 aliphatic rings. The summed E-state index contributed by atoms with van der Waals surface area (Å²) < 4.78 is 0. The molecule has 0 spiro atoms. The Morgan fingerprint density at radius 2 is 2.32 bits per heavy atom. The predicted octanol–water partition coefficient (Wildman–Crippen LogP) is 4.33. The number of hydrogen-bond donors (Lipinski definition) is 0. The lowest BCUT2D eigenvalue weighted by Gasteiger charge is -2.32. The van der Waals surface area contributed by atoms with E-state index in [4.69, 9.17) is 4.98 Å². The third kappa shape index (κ3) is 3.60. The Morgan fingerprint density at radius 1 is 1.45 bits per heavy atom. The van der Waals surface area contributed by atoms with Crippen molar-refractivity contribution in [2.24, 2.45) is 5.92 Å². The minimum Gasteiger partial charge on any atom is -0.342 e. The monoisotopic (exact) mass is 318 g/mol. The number of hydrogen-bond acceptors (Lipinski definition) is 3. The molecule has 1 amide bonds. The maximum absolute atomic E-state index is 12.5. The van der Waals surface area contributed by atoms with E-state index in [1.807, 2.05) is 0 Å². The van der Waals surface area contributed by atoms with Crippen molar-refractivity contribution in [3.8, 4) is 0 Å². The minimum atomic E-state index is 0.335. The van der Waals surface area contributed by atoms with Crippen LogP contribution < -0.4 is 0 Å². The van der Waals surface area contributed by atoms with Gasteiger partial charge in [-0.3, -0.25) is 4.79 Å². The van der Waals surface area contributed by atoms with Gasteiger partial charge in [0.25, 0.3) is 0 Å². The van der Waals surface area contributed by atoms with Gasteiger partial charge in [0.1, 0.15) is 0 Å². The van der Waals surface area contributed by atoms with E-state index in [1.54, 1.807) is 11.3 Å². The first-order valence-electron chi connectivity index (χ1n) is 8.53. The number of rotatable bonds is 4. The second-order valence-corrected chi connectivity index (χ2v) is 7.80. The van der Waals surface area contributed by atoms with Crippen LogP contribution in [-0.4, -0.2) is 28.9 Å². The summed E-state index contributed by atoms with van der Waals surface area (Å²) in [7, 11) is 0. The Morgan fingerprint density at radius 3 is 3.00 bits per heavy atom. The van der Waals surface area contributed by atoms with E-state index >= 15 is 0 Å². The highest BCUT2D eigenvalue weighted by Crippen LogP contribution is 2.31. The van der Waals surface area contributed by atoms with Gasteiger partial charge in [0.05, 0.1) is 10.7 Å². The van der Waals surface area contributed by atoms with Crippen LogP contribution in [0.5, 0.6) is 0 Å². The molecule has 1 fully saturated rings. The first-order valence-corrected chi connectivity index (χ1v) is 9.41. The zero-order valence-corrected chi connectivity index (χ0v) is 14.4. The highest BCUT2D eigenvalue weighted by Gasteiger charge is 2.28. The summed E-state index contributed by atoms with van der Waals surface area (Å²) in [5.41, 5.74) is 1.19. The van der Waals surface area contributed by atoms with Crippen LogP contribution in [0.3, 0.4) is 0 Å². The third-order valence-electron chi connectivity index (χ3n) is 4.80. The zero-order valence-electron chi connectivity index (χ0n) is 13.6. The van der Waals surface area contributed by atoms with Crippen LogP contribution in [0.4, 0.5) is 0 Å². The average Bonchev–Trinajstić information content (AvgIpc) is 3.18. The van der Waals surface area contributed by atoms with Gasteiger partial charge in [-0.25, -0.2) is 4.98 Å². The summed E-state index contributed by atoms with van der Waals surface area (Å²) in [5, 5.41) is 3.41. The van der Waals surface area contributed by atoms with Crippen molar-refractivity contribution in [2.75, 3.05) is 13.1 Å². The van der Waals surface area contributed by atoms with Crippen molar-refractivity contribution in [1.82, 2.24) is 9.88 Å². The molecule has 0 unspecified atom stereocenters. The van der Waals surface area contributed by atoms with Crippen molar-refractivity contribution >= 4 is 17.2 Å². The summed E-state index contributed by atoms with van der Waals surface area (Å²) in [6.07, 6.45) is 9.67. The largest absolute Gasteiger partial charge is 0.342 e. The van der Waals surface area contributed by atoms with Crippen LogP contribution >= 0.6 is 11.3 Å². The molecule has 1 saturated heterocycles. The lowest BCUT2D eigenvalue weighted by Crippen LogP contribution is -2.39. The maximum Gasteiger partial charge on any atom is 0.223 e. The van der Waals surface area contributed by atoms with Crippen LogP contribution in [0, 0.1) is 5.92 Å². The van der Waals surface area contributed by atoms with Gasteiger partial charge in [-0.1, -0.05) is 26.0 Å². The highest BCUT2D eigenvalue weighted by molar-refractivity contribution is 7.09. The van der Waals surface area contributed by atoms with Crippen LogP contribution in [0.25, 0.3) is 0 Å². The molecular formula is C18H26N2OS. The lowest BCUT2D eigenvalue weighted by atomic mass is 9.97. The molecule has 1 aliphatic heterocycles. The number of thiazole rings is 1. The Balaban J connectivity index is 1.60. The summed E-state index contributed by atoms with van der Waals surface area (Å²) in [6.45, 7) is 6.16. The molecule has 0 N–H and O–H groups in total.